The Morgan fingerprint density at radius 1 is 1.18 bits per heavy atom. The van der Waals surface area contributed by atoms with E-state index in [0.717, 1.165) is 26.8 Å². The van der Waals surface area contributed by atoms with Crippen LogP contribution >= 0.6 is 15.9 Å². The minimum atomic E-state index is 0.0771. The number of pyridine rings is 1. The molecule has 0 atom stereocenters. The third-order valence-corrected chi connectivity index (χ3v) is 3.23. The first-order chi connectivity index (χ1) is 8.29. The van der Waals surface area contributed by atoms with Gasteiger partial charge in [-0.1, -0.05) is 15.9 Å². The van der Waals surface area contributed by atoms with E-state index < -0.39 is 0 Å². The molecule has 0 bridgehead atoms. The maximum absolute atomic E-state index is 9.03. The fourth-order valence-electron chi connectivity index (χ4n) is 1.99. The van der Waals surface area contributed by atoms with Crippen molar-refractivity contribution in [2.24, 2.45) is 0 Å². The lowest BCUT2D eigenvalue weighted by atomic mass is 10.2. The smallest absolute Gasteiger partial charge is 0.161 e. The van der Waals surface area contributed by atoms with Gasteiger partial charge in [-0.05, 0) is 35.7 Å². The highest BCUT2D eigenvalue weighted by Gasteiger charge is 2.08. The van der Waals surface area contributed by atoms with E-state index in [9.17, 15) is 0 Å². The van der Waals surface area contributed by atoms with Gasteiger partial charge in [0, 0.05) is 10.9 Å². The average Bonchev–Trinajstić information content (AvgIpc) is 2.73. The third kappa shape index (κ3) is 1.71. The molecule has 0 aliphatic carbocycles. The number of aliphatic hydroxyl groups excluding tert-OH is 1. The van der Waals surface area contributed by atoms with Gasteiger partial charge in [0.05, 0.1) is 12.1 Å². The lowest BCUT2D eigenvalue weighted by Gasteiger charge is -2.04. The summed E-state index contributed by atoms with van der Waals surface area (Å²) < 4.78 is 3.03. The molecule has 0 aliphatic rings. The Morgan fingerprint density at radius 3 is 2.88 bits per heavy atom. The molecule has 0 amide bonds. The van der Waals surface area contributed by atoms with E-state index in [1.165, 1.54) is 0 Å². The van der Waals surface area contributed by atoms with Crippen molar-refractivity contribution < 1.29 is 5.11 Å². The Balaban J connectivity index is 2.40. The van der Waals surface area contributed by atoms with Crippen molar-refractivity contribution in [1.82, 2.24) is 14.6 Å². The van der Waals surface area contributed by atoms with Crippen molar-refractivity contribution in [3.05, 3.63) is 40.6 Å². The Hall–Kier alpha value is -1.46. The van der Waals surface area contributed by atoms with Crippen LogP contribution in [0.5, 0.6) is 0 Å². The number of benzene rings is 1. The molecule has 0 saturated carbocycles. The second kappa shape index (κ2) is 4.09. The predicted octanol–water partition coefficient (Wildman–Crippen LogP) is 2.18. The van der Waals surface area contributed by atoms with Gasteiger partial charge in [-0.2, -0.15) is 0 Å². The zero-order valence-electron chi connectivity index (χ0n) is 8.97. The highest BCUT2D eigenvalue weighted by Crippen LogP contribution is 2.21. The Morgan fingerprint density at radius 2 is 2.06 bits per heavy atom. The fourth-order valence-corrected chi connectivity index (χ4v) is 2.37. The summed E-state index contributed by atoms with van der Waals surface area (Å²) in [4.78, 5) is 0. The van der Waals surface area contributed by atoms with Gasteiger partial charge in [-0.15, -0.1) is 10.2 Å². The number of nitrogens with zero attached hydrogens (tertiary/aromatic N) is 3. The van der Waals surface area contributed by atoms with Crippen LogP contribution in [0.2, 0.25) is 0 Å². The summed E-state index contributed by atoms with van der Waals surface area (Å²) in [6.45, 7) is 0.0771. The summed E-state index contributed by atoms with van der Waals surface area (Å²) in [6.07, 6.45) is 0.510. The van der Waals surface area contributed by atoms with Crippen LogP contribution in [0, 0.1) is 0 Å². The molecule has 0 fully saturated rings. The molecule has 0 spiro atoms. The maximum atomic E-state index is 9.03. The van der Waals surface area contributed by atoms with Gasteiger partial charge in [-0.3, -0.25) is 4.40 Å². The third-order valence-electron chi connectivity index (χ3n) is 2.73. The lowest BCUT2D eigenvalue weighted by Crippen LogP contribution is -1.99. The maximum Gasteiger partial charge on any atom is 0.161 e. The number of hydrogen-bond donors (Lipinski definition) is 1. The zero-order chi connectivity index (χ0) is 11.8. The second-order valence-electron chi connectivity index (χ2n) is 3.82. The van der Waals surface area contributed by atoms with E-state index >= 15 is 0 Å². The Bertz CT molecular complexity index is 693. The van der Waals surface area contributed by atoms with Crippen molar-refractivity contribution in [3.63, 3.8) is 0 Å². The average molecular weight is 292 g/mol. The molecule has 4 nitrogen and oxygen atoms in total. The normalized spacial score (nSPS) is 11.4. The number of aliphatic hydroxyl groups is 1. The van der Waals surface area contributed by atoms with Gasteiger partial charge in [0.1, 0.15) is 5.82 Å². The fraction of sp³-hybridized carbons (Fsp3) is 0.167. The topological polar surface area (TPSA) is 50.4 Å². The quantitative estimate of drug-likeness (QED) is 0.787. The number of halogens is 1. The van der Waals surface area contributed by atoms with Gasteiger partial charge in [-0.25, -0.2) is 0 Å². The highest BCUT2D eigenvalue weighted by molar-refractivity contribution is 9.10. The lowest BCUT2D eigenvalue weighted by molar-refractivity contribution is 0.296. The van der Waals surface area contributed by atoms with E-state index in [0.29, 0.717) is 6.42 Å². The summed E-state index contributed by atoms with van der Waals surface area (Å²) in [5.41, 5.74) is 1.86. The summed E-state index contributed by atoms with van der Waals surface area (Å²) >= 11 is 3.46. The molecule has 0 unspecified atom stereocenters. The van der Waals surface area contributed by atoms with Crippen LogP contribution in [-0.2, 0) is 6.42 Å². The minimum Gasteiger partial charge on any atom is -0.396 e. The van der Waals surface area contributed by atoms with E-state index in [4.69, 9.17) is 5.11 Å². The Kier molecular flexibility index (Phi) is 2.57. The second-order valence-corrected chi connectivity index (χ2v) is 4.74. The van der Waals surface area contributed by atoms with Gasteiger partial charge < -0.3 is 5.11 Å². The van der Waals surface area contributed by atoms with Gasteiger partial charge in [0.25, 0.3) is 0 Å². The van der Waals surface area contributed by atoms with Gasteiger partial charge in [0.2, 0.25) is 0 Å². The largest absolute Gasteiger partial charge is 0.396 e. The molecule has 0 radical (unpaired) electrons. The van der Waals surface area contributed by atoms with Crippen molar-refractivity contribution in [3.8, 4) is 0 Å². The zero-order valence-corrected chi connectivity index (χ0v) is 10.6. The van der Waals surface area contributed by atoms with E-state index in [-0.39, 0.29) is 6.61 Å². The number of rotatable bonds is 2. The standard InChI is InChI=1S/C12H10BrN3O/c13-9-2-3-10-8(7-9)1-4-11-14-15-12(5-6-17)16(10)11/h1-4,7,17H,5-6H2. The monoisotopic (exact) mass is 291 g/mol. The van der Waals surface area contributed by atoms with Crippen molar-refractivity contribution >= 4 is 32.5 Å². The molecule has 0 saturated heterocycles. The summed E-state index contributed by atoms with van der Waals surface area (Å²) in [5, 5.41) is 18.3. The summed E-state index contributed by atoms with van der Waals surface area (Å²) in [6, 6.07) is 10.0. The molecule has 3 rings (SSSR count). The van der Waals surface area contributed by atoms with Crippen LogP contribution in [-0.4, -0.2) is 26.3 Å². The minimum absolute atomic E-state index is 0.0771. The molecule has 1 N–H and O–H groups in total. The molecule has 0 aliphatic heterocycles. The molecular weight excluding hydrogens is 282 g/mol. The van der Waals surface area contributed by atoms with E-state index in [2.05, 4.69) is 32.2 Å². The first-order valence-electron chi connectivity index (χ1n) is 5.33. The molecule has 2 heterocycles. The number of aromatic nitrogens is 3. The summed E-state index contributed by atoms with van der Waals surface area (Å²) in [5.74, 6) is 0.787. The van der Waals surface area contributed by atoms with Crippen molar-refractivity contribution in [1.29, 1.82) is 0 Å². The van der Waals surface area contributed by atoms with Crippen LogP contribution in [0.25, 0.3) is 16.6 Å². The number of hydrogen-bond acceptors (Lipinski definition) is 3. The van der Waals surface area contributed by atoms with Gasteiger partial charge in [0.15, 0.2) is 5.65 Å². The van der Waals surface area contributed by atoms with Gasteiger partial charge >= 0.3 is 0 Å². The number of fused-ring (bicyclic) bond motifs is 3. The molecule has 5 heteroatoms. The van der Waals surface area contributed by atoms with Crippen LogP contribution in [0.3, 0.4) is 0 Å². The molecule has 86 valence electrons. The van der Waals surface area contributed by atoms with Crippen molar-refractivity contribution in [2.75, 3.05) is 6.61 Å². The predicted molar refractivity (Wildman–Crippen MR) is 69.0 cm³/mol. The SMILES string of the molecule is OCCc1nnc2ccc3cc(Br)ccc3n12. The van der Waals surface area contributed by atoms with Crippen LogP contribution in [0.4, 0.5) is 0 Å². The van der Waals surface area contributed by atoms with Crippen LogP contribution < -0.4 is 0 Å². The highest BCUT2D eigenvalue weighted by atomic mass is 79.9. The summed E-state index contributed by atoms with van der Waals surface area (Å²) in [7, 11) is 0. The molecule has 17 heavy (non-hydrogen) atoms. The Labute approximate surface area is 106 Å². The molecular formula is C12H10BrN3O. The van der Waals surface area contributed by atoms with Crippen LogP contribution in [0.1, 0.15) is 5.82 Å². The molecule has 2 aromatic heterocycles. The first kappa shape index (κ1) is 10.7. The first-order valence-corrected chi connectivity index (χ1v) is 6.12. The molecule has 3 aromatic rings. The molecule has 1 aromatic carbocycles. The van der Waals surface area contributed by atoms with E-state index in [1.807, 2.05) is 28.7 Å². The van der Waals surface area contributed by atoms with Crippen molar-refractivity contribution in [2.45, 2.75) is 6.42 Å². The van der Waals surface area contributed by atoms with Crippen LogP contribution in [0.15, 0.2) is 34.8 Å². The van der Waals surface area contributed by atoms with E-state index in [1.54, 1.807) is 0 Å².